The Hall–Kier alpha value is -1.63. The number of morpholine rings is 1. The third-order valence-electron chi connectivity index (χ3n) is 5.56. The quantitative estimate of drug-likeness (QED) is 0.772. The number of hydrogen-bond donors (Lipinski definition) is 0. The van der Waals surface area contributed by atoms with Crippen LogP contribution >= 0.6 is 11.6 Å². The molecule has 2 aliphatic rings. The van der Waals surface area contributed by atoms with Crippen molar-refractivity contribution in [1.29, 1.82) is 0 Å². The van der Waals surface area contributed by atoms with Gasteiger partial charge in [-0.1, -0.05) is 23.7 Å². The van der Waals surface area contributed by atoms with E-state index in [1.165, 1.54) is 0 Å². The van der Waals surface area contributed by atoms with Gasteiger partial charge >= 0.3 is 0 Å². The van der Waals surface area contributed by atoms with E-state index in [9.17, 15) is 9.59 Å². The molecule has 6 nitrogen and oxygen atoms in total. The molecule has 0 spiro atoms. The first-order chi connectivity index (χ1) is 13.4. The predicted octanol–water partition coefficient (Wildman–Crippen LogP) is 2.51. The maximum Gasteiger partial charge on any atom is 0.255 e. The number of halogens is 1. The summed E-state index contributed by atoms with van der Waals surface area (Å²) in [6, 6.07) is 6.95. The molecule has 0 radical (unpaired) electrons. The minimum absolute atomic E-state index is 0.0396. The Balaban J connectivity index is 1.60. The average Bonchev–Trinajstić information content (AvgIpc) is 2.92. The van der Waals surface area contributed by atoms with E-state index >= 15 is 0 Å². The molecule has 3 rings (SSSR count). The standard InChI is InChI=1S/C21H30ClN3O3/c1-15-13-25(14-16(2)28-15)20(26)17(3)23-9-6-10-24(12-11-23)21(27)18-7-4-5-8-19(18)22/h4-5,7-8,15-17H,6,9-14H2,1-3H3. The van der Waals surface area contributed by atoms with Gasteiger partial charge in [0.05, 0.1) is 28.8 Å². The molecule has 0 saturated carbocycles. The van der Waals surface area contributed by atoms with Crippen LogP contribution in [0, 0.1) is 0 Å². The van der Waals surface area contributed by atoms with Crippen molar-refractivity contribution in [3.8, 4) is 0 Å². The Morgan fingerprint density at radius 2 is 1.71 bits per heavy atom. The number of carbonyl (C=O) groups excluding carboxylic acids is 2. The van der Waals surface area contributed by atoms with Crippen molar-refractivity contribution in [2.45, 2.75) is 45.4 Å². The highest BCUT2D eigenvalue weighted by molar-refractivity contribution is 6.33. The topological polar surface area (TPSA) is 53.1 Å². The molecule has 2 fully saturated rings. The van der Waals surface area contributed by atoms with Crippen LogP contribution in [0.2, 0.25) is 5.02 Å². The summed E-state index contributed by atoms with van der Waals surface area (Å²) in [6.07, 6.45) is 0.963. The molecule has 0 N–H and O–H groups in total. The molecule has 2 heterocycles. The normalized spacial score (nSPS) is 25.3. The fourth-order valence-corrected chi connectivity index (χ4v) is 4.33. The first-order valence-electron chi connectivity index (χ1n) is 10.1. The van der Waals surface area contributed by atoms with Crippen LogP contribution in [0.4, 0.5) is 0 Å². The van der Waals surface area contributed by atoms with Gasteiger partial charge in [-0.2, -0.15) is 0 Å². The van der Waals surface area contributed by atoms with Crippen molar-refractivity contribution in [2.75, 3.05) is 39.3 Å². The van der Waals surface area contributed by atoms with Gasteiger partial charge in [0.25, 0.3) is 5.91 Å². The first kappa shape index (κ1) is 21.1. The summed E-state index contributed by atoms with van der Waals surface area (Å²) < 4.78 is 5.74. The predicted molar refractivity (Wildman–Crippen MR) is 110 cm³/mol. The molecule has 2 aliphatic heterocycles. The molecule has 0 aromatic heterocycles. The van der Waals surface area contributed by atoms with Crippen LogP contribution in [-0.2, 0) is 9.53 Å². The summed E-state index contributed by atoms with van der Waals surface area (Å²) in [7, 11) is 0. The number of hydrogen-bond acceptors (Lipinski definition) is 4. The van der Waals surface area contributed by atoms with Crippen LogP contribution in [0.15, 0.2) is 24.3 Å². The van der Waals surface area contributed by atoms with Crippen LogP contribution in [0.3, 0.4) is 0 Å². The fraction of sp³-hybridized carbons (Fsp3) is 0.619. The highest BCUT2D eigenvalue weighted by Gasteiger charge is 2.32. The summed E-state index contributed by atoms with van der Waals surface area (Å²) in [4.78, 5) is 31.8. The number of benzene rings is 1. The zero-order chi connectivity index (χ0) is 20.3. The highest BCUT2D eigenvalue weighted by Crippen LogP contribution is 2.19. The minimum atomic E-state index is -0.201. The molecule has 2 amide bonds. The van der Waals surface area contributed by atoms with Crippen molar-refractivity contribution >= 4 is 23.4 Å². The molecule has 0 bridgehead atoms. The van der Waals surface area contributed by atoms with Crippen LogP contribution in [0.25, 0.3) is 0 Å². The van der Waals surface area contributed by atoms with Crippen LogP contribution < -0.4 is 0 Å². The van der Waals surface area contributed by atoms with E-state index < -0.39 is 0 Å². The molecular weight excluding hydrogens is 378 g/mol. The van der Waals surface area contributed by atoms with Crippen LogP contribution in [-0.4, -0.2) is 84.0 Å². The second kappa shape index (κ2) is 9.25. The smallest absolute Gasteiger partial charge is 0.255 e. The largest absolute Gasteiger partial charge is 0.372 e. The lowest BCUT2D eigenvalue weighted by molar-refractivity contribution is -0.148. The number of ether oxygens (including phenoxy) is 1. The first-order valence-corrected chi connectivity index (χ1v) is 10.5. The SMILES string of the molecule is CC1CN(C(=O)C(C)N2CCCN(C(=O)c3ccccc3Cl)CC2)CC(C)O1. The van der Waals surface area contributed by atoms with Gasteiger partial charge in [-0.25, -0.2) is 0 Å². The third-order valence-corrected chi connectivity index (χ3v) is 5.89. The maximum atomic E-state index is 13.0. The Kier molecular flexibility index (Phi) is 6.96. The second-order valence-electron chi connectivity index (χ2n) is 7.84. The number of amides is 2. The van der Waals surface area contributed by atoms with Gasteiger partial charge in [0.15, 0.2) is 0 Å². The van der Waals surface area contributed by atoms with E-state index in [1.54, 1.807) is 12.1 Å². The molecule has 154 valence electrons. The Morgan fingerprint density at radius 1 is 1.04 bits per heavy atom. The number of nitrogens with zero attached hydrogens (tertiary/aromatic N) is 3. The molecule has 3 atom stereocenters. The van der Waals surface area contributed by atoms with Crippen molar-refractivity contribution in [3.63, 3.8) is 0 Å². The van der Waals surface area contributed by atoms with Gasteiger partial charge in [0, 0.05) is 39.3 Å². The second-order valence-corrected chi connectivity index (χ2v) is 8.25. The van der Waals surface area contributed by atoms with Gasteiger partial charge in [-0.3, -0.25) is 14.5 Å². The monoisotopic (exact) mass is 407 g/mol. The summed E-state index contributed by atoms with van der Waals surface area (Å²) in [5, 5.41) is 0.479. The molecule has 3 unspecified atom stereocenters. The highest BCUT2D eigenvalue weighted by atomic mass is 35.5. The van der Waals surface area contributed by atoms with E-state index in [0.29, 0.717) is 43.3 Å². The lowest BCUT2D eigenvalue weighted by Gasteiger charge is -2.38. The molecule has 2 saturated heterocycles. The van der Waals surface area contributed by atoms with Crippen molar-refractivity contribution in [3.05, 3.63) is 34.9 Å². The lowest BCUT2D eigenvalue weighted by Crippen LogP contribution is -2.54. The molecule has 0 aliphatic carbocycles. The van der Waals surface area contributed by atoms with Gasteiger partial charge < -0.3 is 14.5 Å². The number of carbonyl (C=O) groups is 2. The maximum absolute atomic E-state index is 13.0. The molecule has 7 heteroatoms. The van der Waals surface area contributed by atoms with E-state index in [2.05, 4.69) is 4.90 Å². The Morgan fingerprint density at radius 3 is 2.39 bits per heavy atom. The minimum Gasteiger partial charge on any atom is -0.372 e. The van der Waals surface area contributed by atoms with Crippen LogP contribution in [0.1, 0.15) is 37.6 Å². The zero-order valence-electron chi connectivity index (χ0n) is 16.9. The summed E-state index contributed by atoms with van der Waals surface area (Å²) in [5.41, 5.74) is 0.540. The average molecular weight is 408 g/mol. The molecule has 28 heavy (non-hydrogen) atoms. The lowest BCUT2D eigenvalue weighted by atomic mass is 10.1. The van der Waals surface area contributed by atoms with E-state index in [-0.39, 0.29) is 30.1 Å². The van der Waals surface area contributed by atoms with E-state index in [1.807, 2.05) is 42.7 Å². The summed E-state index contributed by atoms with van der Waals surface area (Å²) in [6.45, 7) is 10.0. The van der Waals surface area contributed by atoms with Gasteiger partial charge in [-0.15, -0.1) is 0 Å². The van der Waals surface area contributed by atoms with Crippen molar-refractivity contribution in [1.82, 2.24) is 14.7 Å². The molecule has 1 aromatic carbocycles. The fourth-order valence-electron chi connectivity index (χ4n) is 4.11. The molecular formula is C21H30ClN3O3. The van der Waals surface area contributed by atoms with Crippen molar-refractivity contribution < 1.29 is 14.3 Å². The Labute approximate surface area is 172 Å². The number of rotatable bonds is 3. The van der Waals surface area contributed by atoms with Gasteiger partial charge in [-0.05, 0) is 39.3 Å². The van der Waals surface area contributed by atoms with Gasteiger partial charge in [0.1, 0.15) is 0 Å². The third kappa shape index (κ3) is 4.85. The van der Waals surface area contributed by atoms with Gasteiger partial charge in [0.2, 0.25) is 5.91 Å². The van der Waals surface area contributed by atoms with Crippen molar-refractivity contribution in [2.24, 2.45) is 0 Å². The van der Waals surface area contributed by atoms with E-state index in [0.717, 1.165) is 13.0 Å². The van der Waals surface area contributed by atoms with Crippen LogP contribution in [0.5, 0.6) is 0 Å². The Bertz CT molecular complexity index is 704. The van der Waals surface area contributed by atoms with E-state index in [4.69, 9.17) is 16.3 Å². The zero-order valence-corrected chi connectivity index (χ0v) is 17.7. The summed E-state index contributed by atoms with van der Waals surface area (Å²) in [5.74, 6) is 0.107. The summed E-state index contributed by atoms with van der Waals surface area (Å²) >= 11 is 6.19. The molecule has 1 aromatic rings.